The highest BCUT2D eigenvalue weighted by atomic mass is 32.1. The molecule has 0 saturated carbocycles. The minimum atomic E-state index is -4.91. The van der Waals surface area contributed by atoms with Crippen molar-refractivity contribution in [1.29, 1.82) is 0 Å². The summed E-state index contributed by atoms with van der Waals surface area (Å²) in [5, 5.41) is 7.94. The molecule has 0 atom stereocenters. The Bertz CT molecular complexity index is 1510. The van der Waals surface area contributed by atoms with E-state index >= 15 is 0 Å². The number of carbonyl (C=O) groups excluding carboxylic acids is 2. The van der Waals surface area contributed by atoms with Crippen LogP contribution in [-0.2, 0) is 4.74 Å². The van der Waals surface area contributed by atoms with Gasteiger partial charge in [-0.2, -0.15) is 9.78 Å². The highest BCUT2D eigenvalue weighted by molar-refractivity contribution is 7.16. The molecule has 0 unspecified atom stereocenters. The topological polar surface area (TPSA) is 99.5 Å². The maximum Gasteiger partial charge on any atom is 0.573 e. The van der Waals surface area contributed by atoms with Gasteiger partial charge in [-0.25, -0.2) is 9.18 Å². The quantitative estimate of drug-likeness (QED) is 0.286. The number of hydrogen-bond donors (Lipinski definition) is 1. The van der Waals surface area contributed by atoms with Gasteiger partial charge in [0.1, 0.15) is 16.6 Å². The highest BCUT2D eigenvalue weighted by Gasteiger charge is 2.31. The van der Waals surface area contributed by atoms with Crippen molar-refractivity contribution in [3.63, 3.8) is 0 Å². The van der Waals surface area contributed by atoms with E-state index in [1.54, 1.807) is 6.92 Å². The standard InChI is InChI=1S/C23H15F4N3O5S/c1-2-34-22(33)18-15-11-36-20(28-19(31)14-5-3-4-6-16(14)24)17(15)21(32)30(29-18)12-7-9-13(10-8-12)35-23(25,26)27/h3-11H,2H2,1H3,(H,28,31). The molecule has 0 fully saturated rings. The van der Waals surface area contributed by atoms with Crippen molar-refractivity contribution in [2.45, 2.75) is 13.3 Å². The van der Waals surface area contributed by atoms with Gasteiger partial charge in [-0.15, -0.1) is 24.5 Å². The lowest BCUT2D eigenvalue weighted by molar-refractivity contribution is -0.274. The second-order valence-corrected chi connectivity index (χ2v) is 7.99. The number of aromatic nitrogens is 2. The minimum absolute atomic E-state index is 0.00558. The van der Waals surface area contributed by atoms with Gasteiger partial charge in [-0.3, -0.25) is 9.59 Å². The van der Waals surface area contributed by atoms with Gasteiger partial charge in [0.15, 0.2) is 5.69 Å². The van der Waals surface area contributed by atoms with Crippen LogP contribution in [0, 0.1) is 5.82 Å². The van der Waals surface area contributed by atoms with Gasteiger partial charge in [0.2, 0.25) is 0 Å². The van der Waals surface area contributed by atoms with E-state index in [1.807, 2.05) is 0 Å². The maximum absolute atomic E-state index is 14.1. The zero-order chi connectivity index (χ0) is 26.0. The van der Waals surface area contributed by atoms with Crippen LogP contribution in [0.15, 0.2) is 58.7 Å². The molecule has 1 N–H and O–H groups in total. The van der Waals surface area contributed by atoms with Crippen LogP contribution >= 0.6 is 11.3 Å². The maximum atomic E-state index is 14.1. The molecule has 0 aliphatic carbocycles. The molecule has 13 heteroatoms. The summed E-state index contributed by atoms with van der Waals surface area (Å²) < 4.78 is 61.1. The Kier molecular flexibility index (Phi) is 6.75. The van der Waals surface area contributed by atoms with Crippen LogP contribution in [-0.4, -0.2) is 34.6 Å². The third-order valence-electron chi connectivity index (χ3n) is 4.78. The number of amides is 1. The monoisotopic (exact) mass is 521 g/mol. The van der Waals surface area contributed by atoms with Crippen LogP contribution in [0.1, 0.15) is 27.8 Å². The molecule has 0 radical (unpaired) electrons. The molecule has 4 aromatic rings. The summed E-state index contributed by atoms with van der Waals surface area (Å²) in [7, 11) is 0. The fourth-order valence-electron chi connectivity index (χ4n) is 3.27. The zero-order valence-corrected chi connectivity index (χ0v) is 19.1. The number of esters is 1. The Labute approximate surface area is 203 Å². The van der Waals surface area contributed by atoms with Crippen LogP contribution in [0.2, 0.25) is 0 Å². The van der Waals surface area contributed by atoms with E-state index in [0.717, 1.165) is 46.4 Å². The molecule has 186 valence electrons. The van der Waals surface area contributed by atoms with E-state index in [0.29, 0.717) is 0 Å². The van der Waals surface area contributed by atoms with Crippen molar-refractivity contribution >= 4 is 39.0 Å². The van der Waals surface area contributed by atoms with Gasteiger partial charge in [-0.05, 0) is 43.3 Å². The first-order valence-electron chi connectivity index (χ1n) is 10.2. The van der Waals surface area contributed by atoms with E-state index in [-0.39, 0.29) is 39.3 Å². The largest absolute Gasteiger partial charge is 0.573 e. The van der Waals surface area contributed by atoms with E-state index in [4.69, 9.17) is 4.74 Å². The number of alkyl halides is 3. The predicted octanol–water partition coefficient (Wildman–Crippen LogP) is 4.91. The molecule has 0 aliphatic heterocycles. The zero-order valence-electron chi connectivity index (χ0n) is 18.3. The Balaban J connectivity index is 1.83. The molecule has 0 bridgehead atoms. The minimum Gasteiger partial charge on any atom is -0.461 e. The van der Waals surface area contributed by atoms with Crippen molar-refractivity contribution in [3.8, 4) is 11.4 Å². The third kappa shape index (κ3) is 5.05. The average molecular weight is 521 g/mol. The first kappa shape index (κ1) is 24.9. The Hall–Kier alpha value is -4.26. The number of carbonyl (C=O) groups is 2. The summed E-state index contributed by atoms with van der Waals surface area (Å²) in [6.07, 6.45) is -4.91. The van der Waals surface area contributed by atoms with Gasteiger partial charge in [0.25, 0.3) is 11.5 Å². The molecule has 0 spiro atoms. The summed E-state index contributed by atoms with van der Waals surface area (Å²) in [5.41, 5.74) is -1.30. The van der Waals surface area contributed by atoms with Crippen molar-refractivity contribution in [2.75, 3.05) is 11.9 Å². The predicted molar refractivity (Wildman–Crippen MR) is 122 cm³/mol. The summed E-state index contributed by atoms with van der Waals surface area (Å²) >= 11 is 0.908. The molecule has 4 rings (SSSR count). The fraction of sp³-hybridized carbons (Fsp3) is 0.130. The molecule has 0 aliphatic rings. The van der Waals surface area contributed by atoms with Crippen LogP contribution in [0.3, 0.4) is 0 Å². The van der Waals surface area contributed by atoms with Crippen molar-refractivity contribution < 1.29 is 36.6 Å². The number of halogens is 4. The van der Waals surface area contributed by atoms with Crippen LogP contribution in [0.4, 0.5) is 22.6 Å². The number of nitrogens with one attached hydrogen (secondary N) is 1. The normalized spacial score (nSPS) is 11.4. The van der Waals surface area contributed by atoms with Crippen molar-refractivity contribution in [3.05, 3.63) is 81.3 Å². The number of anilines is 1. The van der Waals surface area contributed by atoms with Gasteiger partial charge in [0, 0.05) is 10.8 Å². The van der Waals surface area contributed by atoms with Gasteiger partial charge in [-0.1, -0.05) is 12.1 Å². The summed E-state index contributed by atoms with van der Waals surface area (Å²) in [5.74, 6) is -2.99. The molecule has 2 aromatic carbocycles. The fourth-order valence-corrected chi connectivity index (χ4v) is 4.20. The number of thiophene rings is 1. The van der Waals surface area contributed by atoms with E-state index in [9.17, 15) is 31.9 Å². The number of ether oxygens (including phenoxy) is 2. The summed E-state index contributed by atoms with van der Waals surface area (Å²) in [6, 6.07) is 9.46. The number of hydrogen-bond acceptors (Lipinski definition) is 7. The number of benzene rings is 2. The molecule has 8 nitrogen and oxygen atoms in total. The van der Waals surface area contributed by atoms with Crippen LogP contribution < -0.4 is 15.6 Å². The Morgan fingerprint density at radius 3 is 2.44 bits per heavy atom. The number of rotatable bonds is 6. The smallest absolute Gasteiger partial charge is 0.461 e. The van der Waals surface area contributed by atoms with Crippen molar-refractivity contribution in [2.24, 2.45) is 0 Å². The lowest BCUT2D eigenvalue weighted by Gasteiger charge is -2.12. The van der Waals surface area contributed by atoms with Crippen LogP contribution in [0.25, 0.3) is 16.5 Å². The van der Waals surface area contributed by atoms with E-state index < -0.39 is 35.4 Å². The summed E-state index contributed by atoms with van der Waals surface area (Å²) in [6.45, 7) is 1.57. The van der Waals surface area contributed by atoms with Crippen molar-refractivity contribution in [1.82, 2.24) is 9.78 Å². The first-order valence-corrected chi connectivity index (χ1v) is 11.1. The molecule has 1 amide bonds. The molecular formula is C23H15F4N3O5S. The van der Waals surface area contributed by atoms with E-state index in [2.05, 4.69) is 15.2 Å². The summed E-state index contributed by atoms with van der Waals surface area (Å²) in [4.78, 5) is 38.6. The van der Waals surface area contributed by atoms with Crippen LogP contribution in [0.5, 0.6) is 5.75 Å². The molecular weight excluding hydrogens is 506 g/mol. The molecule has 36 heavy (non-hydrogen) atoms. The molecule has 2 aromatic heterocycles. The first-order chi connectivity index (χ1) is 17.1. The van der Waals surface area contributed by atoms with E-state index in [1.165, 1.54) is 23.6 Å². The Morgan fingerprint density at radius 2 is 1.81 bits per heavy atom. The lowest BCUT2D eigenvalue weighted by Crippen LogP contribution is -2.25. The van der Waals surface area contributed by atoms with Gasteiger partial charge < -0.3 is 14.8 Å². The average Bonchev–Trinajstić information content (AvgIpc) is 3.23. The van der Waals surface area contributed by atoms with Gasteiger partial charge in [0.05, 0.1) is 23.2 Å². The second kappa shape index (κ2) is 9.77. The molecule has 2 heterocycles. The number of nitrogens with zero attached hydrogens (tertiary/aromatic N) is 2. The second-order valence-electron chi connectivity index (χ2n) is 7.12. The Morgan fingerprint density at radius 1 is 1.11 bits per heavy atom. The third-order valence-corrected chi connectivity index (χ3v) is 5.68. The lowest BCUT2D eigenvalue weighted by atomic mass is 10.2. The SMILES string of the molecule is CCOC(=O)c1nn(-c2ccc(OC(F)(F)F)cc2)c(=O)c2c(NC(=O)c3ccccc3F)scc12. The highest BCUT2D eigenvalue weighted by Crippen LogP contribution is 2.31. The van der Waals surface area contributed by atoms with Gasteiger partial charge >= 0.3 is 12.3 Å². The number of fused-ring (bicyclic) bond motifs is 1. The molecule has 0 saturated heterocycles.